The summed E-state index contributed by atoms with van der Waals surface area (Å²) in [7, 11) is 1.30. The maximum absolute atomic E-state index is 12.5. The molecule has 2 aromatic rings. The number of esters is 1. The van der Waals surface area contributed by atoms with Crippen LogP contribution in [-0.2, 0) is 20.7 Å². The zero-order chi connectivity index (χ0) is 23.1. The van der Waals surface area contributed by atoms with Crippen molar-refractivity contribution in [2.24, 2.45) is 0 Å². The lowest BCUT2D eigenvalue weighted by molar-refractivity contribution is -0.142. The van der Waals surface area contributed by atoms with Crippen LogP contribution in [0.2, 0.25) is 0 Å². The monoisotopic (exact) mass is 520 g/mol. The molecule has 0 bridgehead atoms. The van der Waals surface area contributed by atoms with Crippen molar-refractivity contribution >= 4 is 51.3 Å². The number of halogens is 1. The molecule has 0 spiro atoms. The van der Waals surface area contributed by atoms with Gasteiger partial charge in [-0.2, -0.15) is 0 Å². The van der Waals surface area contributed by atoms with Gasteiger partial charge in [0.25, 0.3) is 5.91 Å². The molecule has 2 N–H and O–H groups in total. The van der Waals surface area contributed by atoms with Crippen molar-refractivity contribution in [1.82, 2.24) is 5.32 Å². The van der Waals surface area contributed by atoms with E-state index in [0.29, 0.717) is 27.5 Å². The van der Waals surface area contributed by atoms with Gasteiger partial charge in [0.15, 0.2) is 23.6 Å². The van der Waals surface area contributed by atoms with Crippen molar-refractivity contribution in [1.29, 1.82) is 0 Å². The molecule has 1 aliphatic heterocycles. The van der Waals surface area contributed by atoms with Gasteiger partial charge in [0.2, 0.25) is 0 Å². The van der Waals surface area contributed by atoms with Crippen molar-refractivity contribution in [2.45, 2.75) is 25.8 Å². The molecule has 9 heteroatoms. The zero-order valence-corrected chi connectivity index (χ0v) is 20.5. The second-order valence-electron chi connectivity index (χ2n) is 6.79. The summed E-state index contributed by atoms with van der Waals surface area (Å²) >= 11 is 4.92. The highest BCUT2D eigenvalue weighted by Crippen LogP contribution is 2.37. The standard InChI is InChI=1S/C23H25BrN2O5S/c1-4-14-6-8-16(9-7-14)25-23-26-22(28)20(32-23)11-15-10-18(30-5-2)19(12-17(15)24)31-13-21(27)29-3/h6-12,23,25H,4-5,13H2,1-3H3,(H,26,28)/b20-11-/t23-/m1/s1. The van der Waals surface area contributed by atoms with Gasteiger partial charge >= 0.3 is 5.97 Å². The highest BCUT2D eigenvalue weighted by atomic mass is 79.9. The summed E-state index contributed by atoms with van der Waals surface area (Å²) in [6.45, 7) is 4.16. The predicted molar refractivity (Wildman–Crippen MR) is 130 cm³/mol. The van der Waals surface area contributed by atoms with E-state index < -0.39 is 5.97 Å². The van der Waals surface area contributed by atoms with E-state index in [0.717, 1.165) is 17.7 Å². The van der Waals surface area contributed by atoms with Gasteiger partial charge in [-0.05, 0) is 54.8 Å². The Bertz CT molecular complexity index is 1010. The number of benzene rings is 2. The molecule has 2 aromatic carbocycles. The minimum atomic E-state index is -0.489. The molecule has 3 rings (SSSR count). The molecule has 1 heterocycles. The van der Waals surface area contributed by atoms with Crippen LogP contribution in [0.1, 0.15) is 25.0 Å². The topological polar surface area (TPSA) is 85.9 Å². The molecule has 1 saturated heterocycles. The number of aryl methyl sites for hydroxylation is 1. The molecule has 32 heavy (non-hydrogen) atoms. The van der Waals surface area contributed by atoms with Gasteiger partial charge in [0.1, 0.15) is 0 Å². The number of hydrogen-bond acceptors (Lipinski definition) is 7. The third kappa shape index (κ3) is 6.20. The fraction of sp³-hybridized carbons (Fsp3) is 0.304. The summed E-state index contributed by atoms with van der Waals surface area (Å²) < 4.78 is 16.5. The molecule has 1 amide bonds. The molecular formula is C23H25BrN2O5S. The number of rotatable bonds is 9. The van der Waals surface area contributed by atoms with E-state index in [-0.39, 0.29) is 18.0 Å². The first kappa shape index (κ1) is 24.0. The lowest BCUT2D eigenvalue weighted by Crippen LogP contribution is -2.30. The summed E-state index contributed by atoms with van der Waals surface area (Å²) in [6, 6.07) is 11.6. The number of amides is 1. The van der Waals surface area contributed by atoms with Crippen LogP contribution in [0.25, 0.3) is 6.08 Å². The molecule has 170 valence electrons. The fourth-order valence-corrected chi connectivity index (χ4v) is 4.35. The van der Waals surface area contributed by atoms with E-state index in [1.165, 1.54) is 24.4 Å². The van der Waals surface area contributed by atoms with Gasteiger partial charge in [-0.1, -0.05) is 46.7 Å². The first-order chi connectivity index (χ1) is 15.4. The average molecular weight is 521 g/mol. The lowest BCUT2D eigenvalue weighted by Gasteiger charge is -2.14. The van der Waals surface area contributed by atoms with Crippen LogP contribution in [0.4, 0.5) is 5.69 Å². The number of methoxy groups -OCH3 is 1. The van der Waals surface area contributed by atoms with Gasteiger partial charge in [-0.25, -0.2) is 4.79 Å². The second kappa shape index (κ2) is 11.3. The van der Waals surface area contributed by atoms with Crippen LogP contribution in [0, 0.1) is 0 Å². The molecule has 1 aliphatic rings. The maximum Gasteiger partial charge on any atom is 0.343 e. The molecule has 7 nitrogen and oxygen atoms in total. The number of ether oxygens (including phenoxy) is 3. The molecule has 0 radical (unpaired) electrons. The number of carbonyl (C=O) groups is 2. The maximum atomic E-state index is 12.5. The van der Waals surface area contributed by atoms with Crippen LogP contribution in [0.5, 0.6) is 11.5 Å². The van der Waals surface area contributed by atoms with E-state index in [1.807, 2.05) is 19.1 Å². The van der Waals surface area contributed by atoms with Crippen molar-refractivity contribution in [3.63, 3.8) is 0 Å². The van der Waals surface area contributed by atoms with E-state index in [1.54, 1.807) is 18.2 Å². The van der Waals surface area contributed by atoms with Crippen LogP contribution < -0.4 is 20.1 Å². The summed E-state index contributed by atoms with van der Waals surface area (Å²) in [5.74, 6) is 0.232. The van der Waals surface area contributed by atoms with E-state index >= 15 is 0 Å². The zero-order valence-electron chi connectivity index (χ0n) is 18.1. The van der Waals surface area contributed by atoms with Gasteiger partial charge in [0, 0.05) is 10.2 Å². The SMILES string of the molecule is CCOc1cc(/C=C2\S[C@H](Nc3ccc(CC)cc3)NC2=O)c(Br)cc1OCC(=O)OC. The first-order valence-electron chi connectivity index (χ1n) is 10.1. The van der Waals surface area contributed by atoms with Crippen LogP contribution in [-0.4, -0.2) is 37.7 Å². The normalized spacial score (nSPS) is 16.6. The van der Waals surface area contributed by atoms with Gasteiger partial charge in [-0.3, -0.25) is 4.79 Å². The molecular weight excluding hydrogens is 496 g/mol. The largest absolute Gasteiger partial charge is 0.490 e. The Morgan fingerprint density at radius 2 is 1.91 bits per heavy atom. The van der Waals surface area contributed by atoms with Gasteiger partial charge in [0.05, 0.1) is 18.6 Å². The number of nitrogens with one attached hydrogen (secondary N) is 2. The third-order valence-corrected chi connectivity index (χ3v) is 6.33. The van der Waals surface area contributed by atoms with Crippen LogP contribution >= 0.6 is 27.7 Å². The Kier molecular flexibility index (Phi) is 8.46. The molecule has 1 atom stereocenters. The predicted octanol–water partition coefficient (Wildman–Crippen LogP) is 4.56. The Morgan fingerprint density at radius 3 is 2.56 bits per heavy atom. The van der Waals surface area contributed by atoms with Crippen molar-refractivity contribution < 1.29 is 23.8 Å². The van der Waals surface area contributed by atoms with Crippen LogP contribution in [0.15, 0.2) is 45.8 Å². The fourth-order valence-electron chi connectivity index (χ4n) is 2.93. The molecule has 0 aliphatic carbocycles. The van der Waals surface area contributed by atoms with Gasteiger partial charge < -0.3 is 24.8 Å². The van der Waals surface area contributed by atoms with E-state index in [9.17, 15) is 9.59 Å². The number of carbonyl (C=O) groups excluding carboxylic acids is 2. The van der Waals surface area contributed by atoms with Crippen molar-refractivity contribution in [3.8, 4) is 11.5 Å². The second-order valence-corrected chi connectivity index (χ2v) is 8.79. The third-order valence-electron chi connectivity index (χ3n) is 4.61. The highest BCUT2D eigenvalue weighted by Gasteiger charge is 2.27. The summed E-state index contributed by atoms with van der Waals surface area (Å²) in [5, 5.41) is 6.25. The molecule has 0 unspecified atom stereocenters. The smallest absolute Gasteiger partial charge is 0.343 e. The molecule has 0 aromatic heterocycles. The molecule has 1 fully saturated rings. The Morgan fingerprint density at radius 1 is 1.19 bits per heavy atom. The Hall–Kier alpha value is -2.65. The van der Waals surface area contributed by atoms with Crippen molar-refractivity contribution in [2.75, 3.05) is 25.6 Å². The number of anilines is 1. The Labute approximate surface area is 200 Å². The summed E-state index contributed by atoms with van der Waals surface area (Å²) in [5.41, 5.74) is 2.68. The van der Waals surface area contributed by atoms with E-state index in [4.69, 9.17) is 9.47 Å². The molecule has 0 saturated carbocycles. The Balaban J connectivity index is 1.76. The average Bonchev–Trinajstić information content (AvgIpc) is 3.13. The van der Waals surface area contributed by atoms with Gasteiger partial charge in [-0.15, -0.1) is 0 Å². The first-order valence-corrected chi connectivity index (χ1v) is 11.8. The minimum absolute atomic E-state index is 0.159. The van der Waals surface area contributed by atoms with Crippen LogP contribution in [0.3, 0.4) is 0 Å². The summed E-state index contributed by atoms with van der Waals surface area (Å²) in [6.07, 6.45) is 2.77. The minimum Gasteiger partial charge on any atom is -0.490 e. The highest BCUT2D eigenvalue weighted by molar-refractivity contribution is 9.10. The number of thioether (sulfide) groups is 1. The summed E-state index contributed by atoms with van der Waals surface area (Å²) in [4.78, 5) is 24.5. The quantitative estimate of drug-likeness (QED) is 0.370. The van der Waals surface area contributed by atoms with E-state index in [2.05, 4.69) is 50.4 Å². The van der Waals surface area contributed by atoms with Crippen molar-refractivity contribution in [3.05, 3.63) is 56.9 Å². The lowest BCUT2D eigenvalue weighted by atomic mass is 10.1. The number of hydrogen-bond donors (Lipinski definition) is 2.